The second-order valence-electron chi connectivity index (χ2n) is 3.16. The number of hydrogen-bond donors (Lipinski definition) is 1. The van der Waals surface area contributed by atoms with Gasteiger partial charge in [-0.3, -0.25) is 0 Å². The fourth-order valence-corrected chi connectivity index (χ4v) is 1.56. The zero-order chi connectivity index (χ0) is 13.1. The second kappa shape index (κ2) is 5.56. The van der Waals surface area contributed by atoms with E-state index in [0.29, 0.717) is 3.57 Å². The van der Waals surface area contributed by atoms with Crippen molar-refractivity contribution in [1.82, 2.24) is 0 Å². The number of carboxylic acid groups (broad SMARTS) is 1. The molecule has 0 spiro atoms. The van der Waals surface area contributed by atoms with E-state index >= 15 is 0 Å². The maximum Gasteiger partial charge on any atom is 0.392 e. The molecule has 7 heteroatoms. The zero-order valence-electron chi connectivity index (χ0n) is 8.42. The van der Waals surface area contributed by atoms with Gasteiger partial charge >= 0.3 is 12.1 Å². The molecule has 0 amide bonds. The van der Waals surface area contributed by atoms with Crippen molar-refractivity contribution in [3.8, 4) is 5.75 Å². The van der Waals surface area contributed by atoms with Gasteiger partial charge in [-0.2, -0.15) is 13.2 Å². The molecule has 1 aromatic rings. The van der Waals surface area contributed by atoms with Gasteiger partial charge in [0.05, 0.1) is 13.0 Å². The van der Waals surface area contributed by atoms with Gasteiger partial charge in [-0.05, 0) is 40.8 Å². The van der Waals surface area contributed by atoms with E-state index in [1.54, 1.807) is 6.07 Å². The van der Waals surface area contributed by atoms with Crippen LogP contribution in [0.3, 0.4) is 0 Å². The number of carboxylic acids is 1. The number of rotatable bonds is 4. The number of aromatic carboxylic acids is 1. The first-order chi connectivity index (χ1) is 7.79. The van der Waals surface area contributed by atoms with Gasteiger partial charge in [0.1, 0.15) is 11.3 Å². The average molecular weight is 360 g/mol. The van der Waals surface area contributed by atoms with Crippen molar-refractivity contribution in [2.75, 3.05) is 6.61 Å². The lowest BCUT2D eigenvalue weighted by molar-refractivity contribution is -0.139. The van der Waals surface area contributed by atoms with E-state index in [1.165, 1.54) is 12.1 Å². The average Bonchev–Trinajstić information content (AvgIpc) is 2.18. The van der Waals surface area contributed by atoms with Crippen LogP contribution in [0.1, 0.15) is 16.8 Å². The predicted octanol–water partition coefficient (Wildman–Crippen LogP) is 3.32. The molecule has 0 bridgehead atoms. The van der Waals surface area contributed by atoms with Crippen LogP contribution in [0.2, 0.25) is 0 Å². The smallest absolute Gasteiger partial charge is 0.392 e. The van der Waals surface area contributed by atoms with Crippen molar-refractivity contribution in [3.05, 3.63) is 27.3 Å². The summed E-state index contributed by atoms with van der Waals surface area (Å²) in [6.45, 7) is -0.593. The summed E-state index contributed by atoms with van der Waals surface area (Å²) in [6.07, 6.45) is -5.43. The van der Waals surface area contributed by atoms with E-state index < -0.39 is 25.2 Å². The van der Waals surface area contributed by atoms with Gasteiger partial charge in [0, 0.05) is 3.57 Å². The van der Waals surface area contributed by atoms with Crippen LogP contribution < -0.4 is 4.74 Å². The van der Waals surface area contributed by atoms with Gasteiger partial charge in [0.15, 0.2) is 0 Å². The van der Waals surface area contributed by atoms with Crippen molar-refractivity contribution >= 4 is 28.6 Å². The van der Waals surface area contributed by atoms with E-state index in [4.69, 9.17) is 9.84 Å². The Labute approximate surface area is 109 Å². The molecule has 0 unspecified atom stereocenters. The van der Waals surface area contributed by atoms with Gasteiger partial charge in [-0.15, -0.1) is 0 Å². The van der Waals surface area contributed by atoms with Gasteiger partial charge in [0.25, 0.3) is 0 Å². The van der Waals surface area contributed by atoms with Crippen LogP contribution in [0.4, 0.5) is 13.2 Å². The molecule has 94 valence electrons. The van der Waals surface area contributed by atoms with E-state index in [9.17, 15) is 18.0 Å². The highest BCUT2D eigenvalue weighted by Gasteiger charge is 2.27. The largest absolute Gasteiger partial charge is 0.492 e. The van der Waals surface area contributed by atoms with Gasteiger partial charge in [-0.25, -0.2) is 4.79 Å². The Bertz CT molecular complexity index is 418. The molecule has 3 nitrogen and oxygen atoms in total. The zero-order valence-corrected chi connectivity index (χ0v) is 10.6. The standard InChI is InChI=1S/C10H8F3IO3/c11-10(12,13)3-4-17-8-2-1-6(14)5-7(8)9(15)16/h1-2,5H,3-4H2,(H,15,16). The van der Waals surface area contributed by atoms with Crippen LogP contribution in [0.25, 0.3) is 0 Å². The molecule has 17 heavy (non-hydrogen) atoms. The highest BCUT2D eigenvalue weighted by Crippen LogP contribution is 2.24. The van der Waals surface area contributed by atoms with Crippen molar-refractivity contribution in [3.63, 3.8) is 0 Å². The minimum atomic E-state index is -4.31. The van der Waals surface area contributed by atoms with Gasteiger partial charge < -0.3 is 9.84 Å². The molecule has 1 N–H and O–H groups in total. The first kappa shape index (κ1) is 14.1. The van der Waals surface area contributed by atoms with Gasteiger partial charge in [0.2, 0.25) is 0 Å². The fraction of sp³-hybridized carbons (Fsp3) is 0.300. The molecule has 0 saturated carbocycles. The highest BCUT2D eigenvalue weighted by molar-refractivity contribution is 14.1. The first-order valence-corrected chi connectivity index (χ1v) is 5.60. The normalized spacial score (nSPS) is 11.3. The number of halogens is 4. The Morgan fingerprint density at radius 1 is 1.41 bits per heavy atom. The van der Waals surface area contributed by atoms with E-state index in [1.807, 2.05) is 22.6 Å². The number of benzene rings is 1. The molecule has 0 aliphatic carbocycles. The summed E-state index contributed by atoms with van der Waals surface area (Å²) in [6, 6.07) is 4.25. The summed E-state index contributed by atoms with van der Waals surface area (Å²) in [5.74, 6) is -1.28. The van der Waals surface area contributed by atoms with Crippen LogP contribution >= 0.6 is 22.6 Å². The van der Waals surface area contributed by atoms with Crippen molar-refractivity contribution in [2.45, 2.75) is 12.6 Å². The third-order valence-corrected chi connectivity index (χ3v) is 2.49. The number of hydrogen-bond acceptors (Lipinski definition) is 2. The molecule has 0 heterocycles. The summed E-state index contributed by atoms with van der Waals surface area (Å²) >= 11 is 1.91. The molecule has 0 aromatic heterocycles. The lowest BCUT2D eigenvalue weighted by Crippen LogP contribution is -2.14. The van der Waals surface area contributed by atoms with Crippen molar-refractivity contribution in [2.24, 2.45) is 0 Å². The quantitative estimate of drug-likeness (QED) is 0.839. The van der Waals surface area contributed by atoms with Crippen LogP contribution in [0, 0.1) is 3.57 Å². The molecule has 0 fully saturated rings. The topological polar surface area (TPSA) is 46.5 Å². The Kier molecular flexibility index (Phi) is 4.61. The van der Waals surface area contributed by atoms with Crippen molar-refractivity contribution in [1.29, 1.82) is 0 Å². The number of ether oxygens (including phenoxy) is 1. The maximum atomic E-state index is 11.9. The SMILES string of the molecule is O=C(O)c1cc(I)ccc1OCCC(F)(F)F. The lowest BCUT2D eigenvalue weighted by atomic mass is 10.2. The Morgan fingerprint density at radius 3 is 2.59 bits per heavy atom. The third-order valence-electron chi connectivity index (χ3n) is 1.82. The molecule has 0 aliphatic heterocycles. The Hall–Kier alpha value is -0.990. The molecule has 0 aliphatic rings. The molecule has 0 radical (unpaired) electrons. The molecule has 1 rings (SSSR count). The van der Waals surface area contributed by atoms with Crippen LogP contribution in [-0.4, -0.2) is 23.9 Å². The fourth-order valence-electron chi connectivity index (χ4n) is 1.07. The monoisotopic (exact) mass is 360 g/mol. The molecular formula is C10H8F3IO3. The van der Waals surface area contributed by atoms with Crippen molar-refractivity contribution < 1.29 is 27.8 Å². The predicted molar refractivity (Wildman–Crippen MR) is 62.3 cm³/mol. The van der Waals surface area contributed by atoms with E-state index in [2.05, 4.69) is 0 Å². The van der Waals surface area contributed by atoms with Crippen LogP contribution in [0.5, 0.6) is 5.75 Å². The molecule has 1 aromatic carbocycles. The number of carbonyl (C=O) groups is 1. The Balaban J connectivity index is 2.74. The van der Waals surface area contributed by atoms with E-state index in [-0.39, 0.29) is 11.3 Å². The molecule has 0 atom stereocenters. The minimum absolute atomic E-state index is 0.0535. The summed E-state index contributed by atoms with van der Waals surface area (Å²) in [5.41, 5.74) is -0.140. The third kappa shape index (κ3) is 4.80. The Morgan fingerprint density at radius 2 is 2.06 bits per heavy atom. The summed E-state index contributed by atoms with van der Waals surface area (Å²) in [5, 5.41) is 8.84. The second-order valence-corrected chi connectivity index (χ2v) is 4.40. The highest BCUT2D eigenvalue weighted by atomic mass is 127. The number of alkyl halides is 3. The molecule has 0 saturated heterocycles. The van der Waals surface area contributed by atoms with Crippen LogP contribution in [0.15, 0.2) is 18.2 Å². The molecular weight excluding hydrogens is 352 g/mol. The van der Waals surface area contributed by atoms with Gasteiger partial charge in [-0.1, -0.05) is 0 Å². The maximum absolute atomic E-state index is 11.9. The minimum Gasteiger partial charge on any atom is -0.492 e. The summed E-state index contributed by atoms with van der Waals surface area (Å²) in [4.78, 5) is 10.8. The van der Waals surface area contributed by atoms with E-state index in [0.717, 1.165) is 0 Å². The summed E-state index contributed by atoms with van der Waals surface area (Å²) in [7, 11) is 0. The van der Waals surface area contributed by atoms with Crippen LogP contribution in [-0.2, 0) is 0 Å². The summed E-state index contributed by atoms with van der Waals surface area (Å²) < 4.78 is 41.1. The first-order valence-electron chi connectivity index (χ1n) is 4.52. The lowest BCUT2D eigenvalue weighted by Gasteiger charge is -2.10.